The zero-order valence-corrected chi connectivity index (χ0v) is 15.2. The zero-order chi connectivity index (χ0) is 12.7. The molecule has 10 heteroatoms. The Hall–Kier alpha value is 1.09. The van der Waals surface area contributed by atoms with Crippen molar-refractivity contribution < 1.29 is 56.8 Å². The normalized spacial score (nSPS) is 11.0. The van der Waals surface area contributed by atoms with Gasteiger partial charge in [-0.1, -0.05) is 22.6 Å². The van der Waals surface area contributed by atoms with Crippen molar-refractivity contribution in [3.05, 3.63) is 24.3 Å². The van der Waals surface area contributed by atoms with E-state index in [4.69, 9.17) is 4.18 Å². The molecule has 0 heterocycles. The van der Waals surface area contributed by atoms with Crippen LogP contribution >= 0.6 is 34.6 Å². The Morgan fingerprint density at radius 2 is 1.89 bits per heavy atom. The van der Waals surface area contributed by atoms with Gasteiger partial charge in [0, 0.05) is 9.32 Å². The van der Waals surface area contributed by atoms with Gasteiger partial charge < -0.3 is 5.26 Å². The standard InChI is InChI=1S/C8H9IO6S2.Na/c9-5-6-13-17(11,12)8-3-1-7(2-4-8)16-15-14-10;/h1-4,10H,5-6H2;/q;+1/p-1. The third-order valence-electron chi connectivity index (χ3n) is 1.59. The first-order valence-electron chi connectivity index (χ1n) is 4.29. The molecular formula is C8H8INaO6S2. The maximum Gasteiger partial charge on any atom is 1.00 e. The van der Waals surface area contributed by atoms with Crippen LogP contribution < -0.4 is 34.8 Å². The van der Waals surface area contributed by atoms with Gasteiger partial charge in [-0.05, 0) is 24.3 Å². The first kappa shape index (κ1) is 19.1. The van der Waals surface area contributed by atoms with E-state index < -0.39 is 10.1 Å². The minimum atomic E-state index is -3.71. The van der Waals surface area contributed by atoms with Crippen molar-refractivity contribution in [2.24, 2.45) is 0 Å². The summed E-state index contributed by atoms with van der Waals surface area (Å²) in [6.07, 6.45) is 0. The van der Waals surface area contributed by atoms with Crippen molar-refractivity contribution in [3.8, 4) is 0 Å². The number of halogens is 1. The van der Waals surface area contributed by atoms with Crippen molar-refractivity contribution in [3.63, 3.8) is 0 Å². The summed E-state index contributed by atoms with van der Waals surface area (Å²) >= 11 is 2.70. The van der Waals surface area contributed by atoms with Gasteiger partial charge in [0.1, 0.15) is 0 Å². The fourth-order valence-corrected chi connectivity index (χ4v) is 2.71. The summed E-state index contributed by atoms with van der Waals surface area (Å²) in [6, 6.07) is 5.67. The van der Waals surface area contributed by atoms with Crippen LogP contribution in [0.15, 0.2) is 34.1 Å². The van der Waals surface area contributed by atoms with E-state index in [0.29, 0.717) is 21.4 Å². The predicted octanol–water partition coefficient (Wildman–Crippen LogP) is -1.94. The molecular weight excluding hydrogens is 406 g/mol. The Bertz CT molecular complexity index is 437. The summed E-state index contributed by atoms with van der Waals surface area (Å²) in [5, 5.41) is 12.8. The summed E-state index contributed by atoms with van der Waals surface area (Å²) in [6.45, 7) is 0.131. The number of alkyl halides is 1. The molecule has 0 aliphatic rings. The Balaban J connectivity index is 0.00000289. The van der Waals surface area contributed by atoms with Crippen molar-refractivity contribution in [1.82, 2.24) is 0 Å². The van der Waals surface area contributed by atoms with Crippen LogP contribution in [0.5, 0.6) is 0 Å². The Morgan fingerprint density at radius 1 is 1.28 bits per heavy atom. The molecule has 96 valence electrons. The molecule has 0 aromatic heterocycles. The van der Waals surface area contributed by atoms with Crippen LogP contribution in [0.25, 0.3) is 0 Å². The number of hydrogen-bond donors (Lipinski definition) is 0. The summed E-state index contributed by atoms with van der Waals surface area (Å²) in [5.41, 5.74) is 0. The fourth-order valence-electron chi connectivity index (χ4n) is 0.924. The van der Waals surface area contributed by atoms with E-state index >= 15 is 0 Å². The second-order valence-corrected chi connectivity index (χ2v) is 6.12. The van der Waals surface area contributed by atoms with E-state index in [2.05, 4.69) is 9.37 Å². The SMILES string of the molecule is O=S(=O)(OCCI)c1ccc(SOO[O-])cc1.[Na+]. The largest absolute Gasteiger partial charge is 1.00 e. The van der Waals surface area contributed by atoms with Crippen LogP contribution in [0.4, 0.5) is 0 Å². The second kappa shape index (κ2) is 9.91. The van der Waals surface area contributed by atoms with Gasteiger partial charge >= 0.3 is 29.6 Å². The van der Waals surface area contributed by atoms with Crippen LogP contribution in [-0.2, 0) is 23.7 Å². The molecule has 0 atom stereocenters. The smallest absolute Gasteiger partial charge is 0.691 e. The van der Waals surface area contributed by atoms with E-state index in [1.54, 1.807) is 0 Å². The molecule has 0 N–H and O–H groups in total. The van der Waals surface area contributed by atoms with E-state index in [1.807, 2.05) is 22.6 Å². The van der Waals surface area contributed by atoms with Crippen LogP contribution in [0.2, 0.25) is 0 Å². The quantitative estimate of drug-likeness (QED) is 0.0977. The average Bonchev–Trinajstić information content (AvgIpc) is 2.34. The summed E-state index contributed by atoms with van der Waals surface area (Å²) in [4.78, 5) is 0.587. The van der Waals surface area contributed by atoms with Gasteiger partial charge in [0.2, 0.25) is 0 Å². The van der Waals surface area contributed by atoms with Gasteiger partial charge in [-0.3, -0.25) is 9.22 Å². The van der Waals surface area contributed by atoms with Crippen molar-refractivity contribution in [2.75, 3.05) is 11.0 Å². The van der Waals surface area contributed by atoms with Crippen LogP contribution in [0.1, 0.15) is 0 Å². The summed E-state index contributed by atoms with van der Waals surface area (Å²) in [7, 11) is -3.71. The molecule has 0 unspecified atom stereocenters. The van der Waals surface area contributed by atoms with Gasteiger partial charge in [0.25, 0.3) is 10.1 Å². The average molecular weight is 414 g/mol. The Kier molecular flexibility index (Phi) is 10.5. The molecule has 0 bridgehead atoms. The summed E-state index contributed by atoms with van der Waals surface area (Å²) < 4.78 is 32.6. The predicted molar refractivity (Wildman–Crippen MR) is 66.5 cm³/mol. The molecule has 0 spiro atoms. The monoisotopic (exact) mass is 414 g/mol. The first-order chi connectivity index (χ1) is 8.10. The van der Waals surface area contributed by atoms with Crippen molar-refractivity contribution in [2.45, 2.75) is 9.79 Å². The molecule has 0 aliphatic carbocycles. The maximum absolute atomic E-state index is 11.6. The van der Waals surface area contributed by atoms with Crippen LogP contribution in [-0.4, -0.2) is 19.5 Å². The van der Waals surface area contributed by atoms with Crippen molar-refractivity contribution in [1.29, 1.82) is 0 Å². The molecule has 0 saturated heterocycles. The minimum Gasteiger partial charge on any atom is -0.691 e. The van der Waals surface area contributed by atoms with Gasteiger partial charge in [-0.15, -0.1) is 0 Å². The maximum atomic E-state index is 11.6. The molecule has 0 amide bonds. The molecule has 1 aromatic rings. The van der Waals surface area contributed by atoms with E-state index in [-0.39, 0.29) is 41.1 Å². The fraction of sp³-hybridized carbons (Fsp3) is 0.250. The minimum absolute atomic E-state index is 0. The summed E-state index contributed by atoms with van der Waals surface area (Å²) in [5.74, 6) is 0. The molecule has 0 aliphatic heterocycles. The van der Waals surface area contributed by atoms with E-state index in [9.17, 15) is 13.7 Å². The third-order valence-corrected chi connectivity index (χ3v) is 3.94. The van der Waals surface area contributed by atoms with Gasteiger partial charge in [0.05, 0.1) is 23.5 Å². The molecule has 6 nitrogen and oxygen atoms in total. The molecule has 1 aromatic carbocycles. The number of rotatable bonds is 7. The van der Waals surface area contributed by atoms with Gasteiger partial charge in [-0.25, -0.2) is 0 Å². The third kappa shape index (κ3) is 6.50. The molecule has 1 rings (SSSR count). The van der Waals surface area contributed by atoms with Crippen molar-refractivity contribution >= 4 is 44.8 Å². The zero-order valence-electron chi connectivity index (χ0n) is 9.37. The molecule has 18 heavy (non-hydrogen) atoms. The second-order valence-electron chi connectivity index (χ2n) is 2.66. The van der Waals surface area contributed by atoms with E-state index in [0.717, 1.165) is 0 Å². The van der Waals surface area contributed by atoms with E-state index in [1.165, 1.54) is 24.3 Å². The van der Waals surface area contributed by atoms with Crippen LogP contribution in [0.3, 0.4) is 0 Å². The van der Waals surface area contributed by atoms with Gasteiger partial charge in [-0.2, -0.15) is 12.8 Å². The number of hydrogen-bond acceptors (Lipinski definition) is 7. The molecule has 0 fully saturated rings. The number of benzene rings is 1. The van der Waals surface area contributed by atoms with Gasteiger partial charge in [0.15, 0.2) is 0 Å². The first-order valence-corrected chi connectivity index (χ1v) is 7.96. The topological polar surface area (TPSA) is 84.9 Å². The Morgan fingerprint density at radius 3 is 2.39 bits per heavy atom. The molecule has 0 saturated carbocycles. The van der Waals surface area contributed by atoms with Crippen LogP contribution in [0, 0.1) is 0 Å². The molecule has 0 radical (unpaired) electrons. The Labute approximate surface area is 145 Å².